The maximum Gasteiger partial charge on any atom is 0.342 e. The Bertz CT molecular complexity index is 746. The van der Waals surface area contributed by atoms with E-state index in [4.69, 9.17) is 25.8 Å². The lowest BCUT2D eigenvalue weighted by molar-refractivity contribution is -0.124. The first-order valence-corrected chi connectivity index (χ1v) is 7.81. The molecule has 0 radical (unpaired) electrons. The van der Waals surface area contributed by atoms with Gasteiger partial charge in [-0.05, 0) is 29.8 Å². The highest BCUT2D eigenvalue weighted by Gasteiger charge is 2.16. The van der Waals surface area contributed by atoms with Crippen LogP contribution in [-0.2, 0) is 16.1 Å². The van der Waals surface area contributed by atoms with Crippen LogP contribution in [0.5, 0.6) is 11.5 Å². The molecule has 0 saturated heterocycles. The Morgan fingerprint density at radius 1 is 1.04 bits per heavy atom. The van der Waals surface area contributed by atoms with Gasteiger partial charge >= 0.3 is 5.97 Å². The summed E-state index contributed by atoms with van der Waals surface area (Å²) in [5.41, 5.74) is 1.11. The zero-order chi connectivity index (χ0) is 18.2. The lowest BCUT2D eigenvalue weighted by atomic mass is 10.2. The van der Waals surface area contributed by atoms with E-state index in [1.807, 2.05) is 0 Å². The minimum absolute atomic E-state index is 0.216. The van der Waals surface area contributed by atoms with Crippen molar-refractivity contribution in [3.8, 4) is 11.5 Å². The van der Waals surface area contributed by atoms with Gasteiger partial charge in [0, 0.05) is 17.6 Å². The third-order valence-electron chi connectivity index (χ3n) is 3.37. The van der Waals surface area contributed by atoms with E-state index in [1.165, 1.54) is 20.3 Å². The van der Waals surface area contributed by atoms with Gasteiger partial charge in [0.1, 0.15) is 17.1 Å². The fourth-order valence-corrected chi connectivity index (χ4v) is 2.16. The van der Waals surface area contributed by atoms with Crippen LogP contribution in [0.25, 0.3) is 0 Å². The molecule has 25 heavy (non-hydrogen) atoms. The van der Waals surface area contributed by atoms with E-state index in [0.29, 0.717) is 23.1 Å². The Morgan fingerprint density at radius 2 is 1.76 bits per heavy atom. The topological polar surface area (TPSA) is 73.9 Å². The van der Waals surface area contributed by atoms with Crippen molar-refractivity contribution < 1.29 is 23.8 Å². The van der Waals surface area contributed by atoms with Crippen molar-refractivity contribution in [2.75, 3.05) is 20.8 Å². The molecule has 2 aromatic carbocycles. The molecule has 6 nitrogen and oxygen atoms in total. The van der Waals surface area contributed by atoms with Crippen LogP contribution in [0.2, 0.25) is 5.02 Å². The molecule has 0 bridgehead atoms. The Balaban J connectivity index is 1.86. The number of hydrogen-bond acceptors (Lipinski definition) is 5. The van der Waals surface area contributed by atoms with Crippen molar-refractivity contribution >= 4 is 23.5 Å². The van der Waals surface area contributed by atoms with Gasteiger partial charge in [0.05, 0.1) is 14.2 Å². The second-order valence-corrected chi connectivity index (χ2v) is 5.48. The molecule has 0 heterocycles. The van der Waals surface area contributed by atoms with Crippen molar-refractivity contribution in [2.45, 2.75) is 6.54 Å². The summed E-state index contributed by atoms with van der Waals surface area (Å²) in [5.74, 6) is -0.197. The van der Waals surface area contributed by atoms with Crippen LogP contribution in [-0.4, -0.2) is 32.7 Å². The Hall–Kier alpha value is -2.73. The van der Waals surface area contributed by atoms with Crippen LogP contribution in [0.15, 0.2) is 42.5 Å². The highest BCUT2D eigenvalue weighted by Crippen LogP contribution is 2.25. The average molecular weight is 364 g/mol. The average Bonchev–Trinajstić information content (AvgIpc) is 2.65. The van der Waals surface area contributed by atoms with E-state index in [-0.39, 0.29) is 12.2 Å². The quantitative estimate of drug-likeness (QED) is 0.766. The van der Waals surface area contributed by atoms with Crippen molar-refractivity contribution in [3.05, 3.63) is 58.6 Å². The summed E-state index contributed by atoms with van der Waals surface area (Å²) in [7, 11) is 2.95. The van der Waals surface area contributed by atoms with Crippen molar-refractivity contribution in [1.29, 1.82) is 0 Å². The summed E-state index contributed by atoms with van der Waals surface area (Å²) in [6.07, 6.45) is 0. The molecule has 1 amide bonds. The van der Waals surface area contributed by atoms with Crippen LogP contribution in [0, 0.1) is 0 Å². The van der Waals surface area contributed by atoms with Gasteiger partial charge in [-0.3, -0.25) is 4.79 Å². The second kappa shape index (κ2) is 8.94. The summed E-state index contributed by atoms with van der Waals surface area (Å²) in [6, 6.07) is 11.8. The predicted octanol–water partition coefficient (Wildman–Crippen LogP) is 2.83. The molecule has 0 aliphatic rings. The van der Waals surface area contributed by atoms with E-state index in [1.54, 1.807) is 36.4 Å². The molecule has 0 aromatic heterocycles. The normalized spacial score (nSPS) is 10.0. The number of methoxy groups -OCH3 is 2. The minimum Gasteiger partial charge on any atom is -0.497 e. The molecular formula is C18H18ClNO5. The zero-order valence-corrected chi connectivity index (χ0v) is 14.6. The number of ether oxygens (including phenoxy) is 3. The number of amides is 1. The standard InChI is InChI=1S/C18H18ClNO5/c1-23-14-7-8-15(16(9-14)24-2)18(22)25-11-17(21)20-10-12-3-5-13(19)6-4-12/h3-9H,10-11H2,1-2H3,(H,20,21). The Kier molecular flexibility index (Phi) is 6.65. The molecule has 0 spiro atoms. The largest absolute Gasteiger partial charge is 0.497 e. The molecule has 0 fully saturated rings. The Labute approximate surface area is 150 Å². The number of rotatable bonds is 7. The van der Waals surface area contributed by atoms with Crippen LogP contribution in [0.3, 0.4) is 0 Å². The first kappa shape index (κ1) is 18.6. The second-order valence-electron chi connectivity index (χ2n) is 5.05. The lowest BCUT2D eigenvalue weighted by Gasteiger charge is -2.10. The van der Waals surface area contributed by atoms with Crippen molar-refractivity contribution in [2.24, 2.45) is 0 Å². The predicted molar refractivity (Wildman–Crippen MR) is 93.1 cm³/mol. The van der Waals surface area contributed by atoms with Gasteiger partial charge in [-0.1, -0.05) is 23.7 Å². The molecule has 1 N–H and O–H groups in total. The van der Waals surface area contributed by atoms with E-state index < -0.39 is 11.9 Å². The molecule has 0 unspecified atom stereocenters. The van der Waals surface area contributed by atoms with Gasteiger partial charge in [0.2, 0.25) is 0 Å². The van der Waals surface area contributed by atoms with Gasteiger partial charge in [-0.15, -0.1) is 0 Å². The molecule has 0 aliphatic carbocycles. The van der Waals surface area contributed by atoms with Crippen LogP contribution in [0.4, 0.5) is 0 Å². The fourth-order valence-electron chi connectivity index (χ4n) is 2.03. The number of esters is 1. The maximum absolute atomic E-state index is 12.1. The summed E-state index contributed by atoms with van der Waals surface area (Å²) < 4.78 is 15.2. The maximum atomic E-state index is 12.1. The van der Waals surface area contributed by atoms with E-state index in [0.717, 1.165) is 5.56 Å². The third kappa shape index (κ3) is 5.39. The molecular weight excluding hydrogens is 346 g/mol. The van der Waals surface area contributed by atoms with Gasteiger partial charge < -0.3 is 19.5 Å². The number of halogens is 1. The number of hydrogen-bond donors (Lipinski definition) is 1. The molecule has 2 rings (SSSR count). The van der Waals surface area contributed by atoms with Crippen LogP contribution < -0.4 is 14.8 Å². The highest BCUT2D eigenvalue weighted by molar-refractivity contribution is 6.30. The number of nitrogens with one attached hydrogen (secondary N) is 1. The fraction of sp³-hybridized carbons (Fsp3) is 0.222. The Morgan fingerprint density at radius 3 is 2.40 bits per heavy atom. The third-order valence-corrected chi connectivity index (χ3v) is 3.62. The first-order valence-electron chi connectivity index (χ1n) is 7.43. The molecule has 132 valence electrons. The molecule has 0 aliphatic heterocycles. The summed E-state index contributed by atoms with van der Waals surface area (Å²) in [5, 5.41) is 3.28. The first-order chi connectivity index (χ1) is 12.0. The molecule has 2 aromatic rings. The van der Waals surface area contributed by atoms with E-state index in [9.17, 15) is 9.59 Å². The number of carbonyl (C=O) groups is 2. The number of carbonyl (C=O) groups excluding carboxylic acids is 2. The number of benzene rings is 2. The SMILES string of the molecule is COc1ccc(C(=O)OCC(=O)NCc2ccc(Cl)cc2)c(OC)c1. The monoisotopic (exact) mass is 363 g/mol. The summed E-state index contributed by atoms with van der Waals surface area (Å²) in [4.78, 5) is 23.9. The van der Waals surface area contributed by atoms with Crippen molar-refractivity contribution in [3.63, 3.8) is 0 Å². The van der Waals surface area contributed by atoms with Crippen LogP contribution >= 0.6 is 11.6 Å². The van der Waals surface area contributed by atoms with E-state index in [2.05, 4.69) is 5.32 Å². The van der Waals surface area contributed by atoms with Gasteiger partial charge in [0.15, 0.2) is 6.61 Å². The van der Waals surface area contributed by atoms with Gasteiger partial charge in [-0.25, -0.2) is 4.79 Å². The van der Waals surface area contributed by atoms with Crippen LogP contribution in [0.1, 0.15) is 15.9 Å². The van der Waals surface area contributed by atoms with Crippen molar-refractivity contribution in [1.82, 2.24) is 5.32 Å². The molecule has 0 atom stereocenters. The lowest BCUT2D eigenvalue weighted by Crippen LogP contribution is -2.28. The summed E-state index contributed by atoms with van der Waals surface area (Å²) >= 11 is 5.80. The highest BCUT2D eigenvalue weighted by atomic mass is 35.5. The van der Waals surface area contributed by atoms with Gasteiger partial charge in [0.25, 0.3) is 5.91 Å². The zero-order valence-electron chi connectivity index (χ0n) is 13.9. The van der Waals surface area contributed by atoms with E-state index >= 15 is 0 Å². The van der Waals surface area contributed by atoms with Gasteiger partial charge in [-0.2, -0.15) is 0 Å². The molecule has 0 saturated carbocycles. The smallest absolute Gasteiger partial charge is 0.342 e. The summed E-state index contributed by atoms with van der Waals surface area (Å²) in [6.45, 7) is -0.0684. The molecule has 7 heteroatoms. The minimum atomic E-state index is -0.652.